The molecule has 0 amide bonds. The zero-order chi connectivity index (χ0) is 11.8. The summed E-state index contributed by atoms with van der Waals surface area (Å²) >= 11 is 0. The molecule has 0 aromatic rings. The quantitative estimate of drug-likeness (QED) is 0.734. The summed E-state index contributed by atoms with van der Waals surface area (Å²) in [6, 6.07) is 0.274. The Balaban J connectivity index is 2.15. The highest BCUT2D eigenvalue weighted by Gasteiger charge is 2.40. The van der Waals surface area contributed by atoms with Gasteiger partial charge in [-0.15, -0.1) is 0 Å². The maximum absolute atomic E-state index is 5.69. The van der Waals surface area contributed by atoms with E-state index in [1.807, 2.05) is 0 Å². The molecule has 0 bridgehead atoms. The van der Waals surface area contributed by atoms with Crippen LogP contribution in [0.2, 0.25) is 0 Å². The first-order valence-electron chi connectivity index (χ1n) is 5.90. The zero-order valence-electron chi connectivity index (χ0n) is 10.5. The van der Waals surface area contributed by atoms with E-state index in [4.69, 9.17) is 9.47 Å². The van der Waals surface area contributed by atoms with Gasteiger partial charge < -0.3 is 9.47 Å². The fourth-order valence-electron chi connectivity index (χ4n) is 1.88. The first-order valence-corrected chi connectivity index (χ1v) is 5.90. The zero-order valence-corrected chi connectivity index (χ0v) is 10.5. The molecule has 0 unspecified atom stereocenters. The topological polar surface area (TPSA) is 43.2 Å². The van der Waals surface area contributed by atoms with Gasteiger partial charge >= 0.3 is 0 Å². The Hall–Kier alpha value is -1.06. The SMILES string of the molecule is CC(C)[C@H]1COC(C(C)(C)C2=NCCO2)=N1. The number of aliphatic imine (C=N–C) groups is 2. The van der Waals surface area contributed by atoms with E-state index in [0.717, 1.165) is 18.3 Å². The van der Waals surface area contributed by atoms with Crippen molar-refractivity contribution in [3.05, 3.63) is 0 Å². The molecular formula is C12H20N2O2. The van der Waals surface area contributed by atoms with E-state index in [0.29, 0.717) is 19.1 Å². The predicted molar refractivity (Wildman–Crippen MR) is 64.0 cm³/mol. The molecule has 0 fully saturated rings. The van der Waals surface area contributed by atoms with Crippen LogP contribution in [-0.2, 0) is 9.47 Å². The van der Waals surface area contributed by atoms with Crippen molar-refractivity contribution >= 4 is 11.8 Å². The van der Waals surface area contributed by atoms with Crippen LogP contribution < -0.4 is 0 Å². The fourth-order valence-corrected chi connectivity index (χ4v) is 1.88. The Morgan fingerprint density at radius 3 is 2.50 bits per heavy atom. The molecule has 0 radical (unpaired) electrons. The van der Waals surface area contributed by atoms with Gasteiger partial charge in [-0.05, 0) is 19.8 Å². The summed E-state index contributed by atoms with van der Waals surface area (Å²) in [5.74, 6) is 2.04. The van der Waals surface area contributed by atoms with Crippen LogP contribution in [0.5, 0.6) is 0 Å². The average molecular weight is 224 g/mol. The van der Waals surface area contributed by atoms with Crippen LogP contribution in [0.4, 0.5) is 0 Å². The van der Waals surface area contributed by atoms with Crippen LogP contribution in [-0.4, -0.2) is 37.6 Å². The van der Waals surface area contributed by atoms with E-state index >= 15 is 0 Å². The van der Waals surface area contributed by atoms with Crippen LogP contribution in [0.1, 0.15) is 27.7 Å². The van der Waals surface area contributed by atoms with E-state index in [-0.39, 0.29) is 11.5 Å². The summed E-state index contributed by atoms with van der Waals surface area (Å²) in [6.45, 7) is 10.6. The molecule has 16 heavy (non-hydrogen) atoms. The van der Waals surface area contributed by atoms with Crippen LogP contribution in [0.25, 0.3) is 0 Å². The highest BCUT2D eigenvalue weighted by atomic mass is 16.5. The van der Waals surface area contributed by atoms with Crippen molar-refractivity contribution in [3.63, 3.8) is 0 Å². The van der Waals surface area contributed by atoms with Gasteiger partial charge in [0.05, 0.1) is 12.6 Å². The highest BCUT2D eigenvalue weighted by molar-refractivity contribution is 6.05. The lowest BCUT2D eigenvalue weighted by Gasteiger charge is -2.22. The van der Waals surface area contributed by atoms with E-state index in [9.17, 15) is 0 Å². The van der Waals surface area contributed by atoms with E-state index in [1.54, 1.807) is 0 Å². The third-order valence-corrected chi connectivity index (χ3v) is 3.10. The first kappa shape index (κ1) is 11.4. The summed E-state index contributed by atoms with van der Waals surface area (Å²) in [7, 11) is 0. The second kappa shape index (κ2) is 4.07. The van der Waals surface area contributed by atoms with Crippen molar-refractivity contribution in [2.24, 2.45) is 21.3 Å². The number of hydrogen-bond donors (Lipinski definition) is 0. The van der Waals surface area contributed by atoms with E-state index in [1.165, 1.54) is 0 Å². The van der Waals surface area contributed by atoms with Crippen molar-refractivity contribution in [1.82, 2.24) is 0 Å². The lowest BCUT2D eigenvalue weighted by Crippen LogP contribution is -2.34. The number of ether oxygens (including phenoxy) is 2. The lowest BCUT2D eigenvalue weighted by atomic mass is 9.93. The molecular weight excluding hydrogens is 204 g/mol. The second-order valence-electron chi connectivity index (χ2n) is 5.22. The molecule has 0 aromatic carbocycles. The van der Waals surface area contributed by atoms with Crippen molar-refractivity contribution in [3.8, 4) is 0 Å². The summed E-state index contributed by atoms with van der Waals surface area (Å²) in [6.07, 6.45) is 0. The molecule has 2 aliphatic heterocycles. The summed E-state index contributed by atoms with van der Waals surface area (Å²) in [5.41, 5.74) is -0.319. The lowest BCUT2D eigenvalue weighted by molar-refractivity contribution is 0.259. The maximum Gasteiger partial charge on any atom is 0.199 e. The first-order chi connectivity index (χ1) is 7.51. The largest absolute Gasteiger partial charge is 0.478 e. The standard InChI is InChI=1S/C12H20N2O2/c1-8(2)9-7-16-11(14-9)12(3,4)10-13-5-6-15-10/h8-9H,5-7H2,1-4H3/t9-/m1/s1. The minimum Gasteiger partial charge on any atom is -0.478 e. The second-order valence-corrected chi connectivity index (χ2v) is 5.22. The molecule has 0 aliphatic carbocycles. The number of rotatable bonds is 3. The van der Waals surface area contributed by atoms with Crippen LogP contribution in [0, 0.1) is 11.3 Å². The Morgan fingerprint density at radius 1 is 1.25 bits per heavy atom. The molecule has 2 aliphatic rings. The third-order valence-electron chi connectivity index (χ3n) is 3.10. The molecule has 90 valence electrons. The fraction of sp³-hybridized carbons (Fsp3) is 0.833. The van der Waals surface area contributed by atoms with Gasteiger partial charge in [0.1, 0.15) is 18.6 Å². The van der Waals surface area contributed by atoms with Gasteiger partial charge in [-0.2, -0.15) is 0 Å². The normalized spacial score (nSPS) is 25.2. The summed E-state index contributed by atoms with van der Waals surface area (Å²) in [5, 5.41) is 0. The third kappa shape index (κ3) is 1.93. The molecule has 0 spiro atoms. The molecule has 0 aromatic heterocycles. The van der Waals surface area contributed by atoms with E-state index < -0.39 is 0 Å². The minimum absolute atomic E-state index is 0.274. The van der Waals surface area contributed by atoms with Crippen LogP contribution in [0.15, 0.2) is 9.98 Å². The van der Waals surface area contributed by atoms with Crippen LogP contribution in [0.3, 0.4) is 0 Å². The average Bonchev–Trinajstić information content (AvgIpc) is 2.90. The van der Waals surface area contributed by atoms with Crippen molar-refractivity contribution in [2.45, 2.75) is 33.7 Å². The van der Waals surface area contributed by atoms with Gasteiger partial charge in [-0.3, -0.25) is 4.99 Å². The van der Waals surface area contributed by atoms with Crippen LogP contribution >= 0.6 is 0 Å². The Labute approximate surface area is 96.8 Å². The highest BCUT2D eigenvalue weighted by Crippen LogP contribution is 2.28. The molecule has 4 heteroatoms. The summed E-state index contributed by atoms with van der Waals surface area (Å²) < 4.78 is 11.2. The molecule has 0 saturated heterocycles. The molecule has 2 rings (SSSR count). The van der Waals surface area contributed by atoms with Gasteiger partial charge in [0, 0.05) is 0 Å². The van der Waals surface area contributed by atoms with Gasteiger partial charge in [-0.25, -0.2) is 4.99 Å². The monoisotopic (exact) mass is 224 g/mol. The Kier molecular flexibility index (Phi) is 2.91. The van der Waals surface area contributed by atoms with E-state index in [2.05, 4.69) is 37.7 Å². The van der Waals surface area contributed by atoms with Gasteiger partial charge in [0.2, 0.25) is 0 Å². The molecule has 1 atom stereocenters. The molecule has 4 nitrogen and oxygen atoms in total. The van der Waals surface area contributed by atoms with Crippen molar-refractivity contribution in [2.75, 3.05) is 19.8 Å². The predicted octanol–water partition coefficient (Wildman–Crippen LogP) is 1.89. The summed E-state index contributed by atoms with van der Waals surface area (Å²) in [4.78, 5) is 8.99. The van der Waals surface area contributed by atoms with Gasteiger partial charge in [0.15, 0.2) is 11.8 Å². The molecule has 2 heterocycles. The van der Waals surface area contributed by atoms with Crippen molar-refractivity contribution < 1.29 is 9.47 Å². The van der Waals surface area contributed by atoms with Gasteiger partial charge in [-0.1, -0.05) is 13.8 Å². The smallest absolute Gasteiger partial charge is 0.199 e. The number of nitrogens with zero attached hydrogens (tertiary/aromatic N) is 2. The molecule has 0 N–H and O–H groups in total. The Morgan fingerprint density at radius 2 is 2.00 bits per heavy atom. The Bertz CT molecular complexity index is 332. The van der Waals surface area contributed by atoms with Crippen molar-refractivity contribution in [1.29, 1.82) is 0 Å². The number of hydrogen-bond acceptors (Lipinski definition) is 4. The van der Waals surface area contributed by atoms with Gasteiger partial charge in [0.25, 0.3) is 0 Å². The minimum atomic E-state index is -0.319. The maximum atomic E-state index is 5.69. The molecule has 0 saturated carbocycles.